The van der Waals surface area contributed by atoms with E-state index in [0.717, 1.165) is 25.7 Å². The first-order valence-electron chi connectivity index (χ1n) is 7.36. The summed E-state index contributed by atoms with van der Waals surface area (Å²) in [6.45, 7) is 6.76. The average Bonchev–Trinajstić information content (AvgIpc) is 2.33. The van der Waals surface area contributed by atoms with Crippen LogP contribution in [0.3, 0.4) is 0 Å². The molecular formula is C15H27NO3. The minimum atomic E-state index is -0.793. The molecule has 1 fully saturated rings. The maximum Gasteiger partial charge on any atom is 0.303 e. The van der Waals surface area contributed by atoms with Gasteiger partial charge in [0, 0.05) is 18.9 Å². The van der Waals surface area contributed by atoms with Crippen LogP contribution in [0.25, 0.3) is 0 Å². The van der Waals surface area contributed by atoms with E-state index in [-0.39, 0.29) is 29.6 Å². The number of amides is 1. The third-order valence-corrected chi connectivity index (χ3v) is 4.43. The van der Waals surface area contributed by atoms with Gasteiger partial charge >= 0.3 is 5.97 Å². The normalized spacial score (nSPS) is 23.6. The summed E-state index contributed by atoms with van der Waals surface area (Å²) in [7, 11) is 0. The molecule has 4 nitrogen and oxygen atoms in total. The number of carboxylic acid groups (broad SMARTS) is 1. The Morgan fingerprint density at radius 1 is 1.37 bits per heavy atom. The molecule has 0 saturated heterocycles. The van der Waals surface area contributed by atoms with Crippen molar-refractivity contribution in [3.05, 3.63) is 0 Å². The zero-order valence-electron chi connectivity index (χ0n) is 12.4. The molecule has 0 aromatic heterocycles. The van der Waals surface area contributed by atoms with Gasteiger partial charge in [-0.05, 0) is 24.2 Å². The lowest BCUT2D eigenvalue weighted by molar-refractivity contribution is -0.138. The fourth-order valence-corrected chi connectivity index (χ4v) is 2.96. The number of carbonyl (C=O) groups is 2. The fraction of sp³-hybridized carbons (Fsp3) is 0.867. The summed E-state index contributed by atoms with van der Waals surface area (Å²) >= 11 is 0. The number of hydrogen-bond acceptors (Lipinski definition) is 2. The number of carbonyl (C=O) groups excluding carboxylic acids is 1. The summed E-state index contributed by atoms with van der Waals surface area (Å²) in [5.74, 6) is -0.579. The van der Waals surface area contributed by atoms with E-state index in [1.807, 2.05) is 6.92 Å². The van der Waals surface area contributed by atoms with Crippen molar-refractivity contribution in [1.29, 1.82) is 0 Å². The smallest absolute Gasteiger partial charge is 0.303 e. The first kappa shape index (κ1) is 16.0. The van der Waals surface area contributed by atoms with Gasteiger partial charge in [0.2, 0.25) is 5.91 Å². The molecule has 1 saturated carbocycles. The van der Waals surface area contributed by atoms with Crippen LogP contribution in [-0.2, 0) is 9.59 Å². The van der Waals surface area contributed by atoms with Crippen molar-refractivity contribution in [2.24, 2.45) is 17.3 Å². The van der Waals surface area contributed by atoms with Crippen LogP contribution in [0.1, 0.15) is 59.3 Å². The predicted octanol–water partition coefficient (Wildman–Crippen LogP) is 2.82. The minimum Gasteiger partial charge on any atom is -0.481 e. The van der Waals surface area contributed by atoms with Crippen LogP contribution in [0.4, 0.5) is 0 Å². The molecule has 0 heterocycles. The lowest BCUT2D eigenvalue weighted by Gasteiger charge is -2.37. The van der Waals surface area contributed by atoms with Gasteiger partial charge in [0.15, 0.2) is 0 Å². The van der Waals surface area contributed by atoms with Gasteiger partial charge < -0.3 is 10.4 Å². The van der Waals surface area contributed by atoms with Gasteiger partial charge in [0.25, 0.3) is 0 Å². The van der Waals surface area contributed by atoms with E-state index in [4.69, 9.17) is 5.11 Å². The van der Waals surface area contributed by atoms with Crippen LogP contribution >= 0.6 is 0 Å². The van der Waals surface area contributed by atoms with Crippen molar-refractivity contribution >= 4 is 11.9 Å². The standard InChI is InChI=1S/C15H27NO3/c1-4-11(9-13(17)18)10-16-14(19)12-7-5-6-8-15(12,2)3/h11-12H,4-10H2,1-3H3,(H,16,19)(H,17,18). The van der Waals surface area contributed by atoms with Crippen molar-refractivity contribution in [2.45, 2.75) is 59.3 Å². The molecule has 0 aromatic carbocycles. The van der Waals surface area contributed by atoms with Gasteiger partial charge in [-0.3, -0.25) is 9.59 Å². The van der Waals surface area contributed by atoms with Gasteiger partial charge in [-0.2, -0.15) is 0 Å². The molecule has 1 amide bonds. The van der Waals surface area contributed by atoms with Crippen molar-refractivity contribution in [1.82, 2.24) is 5.32 Å². The summed E-state index contributed by atoms with van der Waals surface area (Å²) in [5.41, 5.74) is 0.0663. The molecule has 2 unspecified atom stereocenters. The van der Waals surface area contributed by atoms with Gasteiger partial charge in [0.1, 0.15) is 0 Å². The van der Waals surface area contributed by atoms with Crippen molar-refractivity contribution in [3.63, 3.8) is 0 Å². The number of aliphatic carboxylic acids is 1. The molecule has 110 valence electrons. The Hall–Kier alpha value is -1.06. The number of rotatable bonds is 6. The second-order valence-corrected chi connectivity index (χ2v) is 6.40. The van der Waals surface area contributed by atoms with E-state index in [9.17, 15) is 9.59 Å². The van der Waals surface area contributed by atoms with Crippen LogP contribution in [0.15, 0.2) is 0 Å². The summed E-state index contributed by atoms with van der Waals surface area (Å²) in [4.78, 5) is 23.0. The molecule has 19 heavy (non-hydrogen) atoms. The SMILES string of the molecule is CCC(CNC(=O)C1CCCCC1(C)C)CC(=O)O. The summed E-state index contributed by atoms with van der Waals surface area (Å²) in [6, 6.07) is 0. The number of carboxylic acids is 1. The van der Waals surface area contributed by atoms with Crippen molar-refractivity contribution < 1.29 is 14.7 Å². The quantitative estimate of drug-likeness (QED) is 0.779. The first-order valence-corrected chi connectivity index (χ1v) is 7.36. The lowest BCUT2D eigenvalue weighted by Crippen LogP contribution is -2.42. The highest BCUT2D eigenvalue weighted by Crippen LogP contribution is 2.40. The predicted molar refractivity (Wildman–Crippen MR) is 74.8 cm³/mol. The molecule has 1 rings (SSSR count). The topological polar surface area (TPSA) is 66.4 Å². The van der Waals surface area contributed by atoms with Gasteiger partial charge in [0.05, 0.1) is 0 Å². The average molecular weight is 269 g/mol. The Morgan fingerprint density at radius 3 is 2.58 bits per heavy atom. The third kappa shape index (κ3) is 4.84. The summed E-state index contributed by atoms with van der Waals surface area (Å²) < 4.78 is 0. The Labute approximate surface area is 116 Å². The van der Waals surface area contributed by atoms with E-state index >= 15 is 0 Å². The zero-order chi connectivity index (χ0) is 14.5. The molecule has 0 aliphatic heterocycles. The molecule has 0 radical (unpaired) electrons. The first-order chi connectivity index (χ1) is 8.86. The van der Waals surface area contributed by atoms with Crippen LogP contribution in [0.5, 0.6) is 0 Å². The Balaban J connectivity index is 2.47. The Morgan fingerprint density at radius 2 is 2.05 bits per heavy atom. The molecule has 1 aliphatic carbocycles. The molecule has 0 aromatic rings. The van der Waals surface area contributed by atoms with Crippen LogP contribution in [0, 0.1) is 17.3 Å². The molecule has 1 aliphatic rings. The summed E-state index contributed by atoms with van der Waals surface area (Å²) in [6.07, 6.45) is 5.28. The molecule has 0 spiro atoms. The van der Waals surface area contributed by atoms with E-state index in [1.54, 1.807) is 0 Å². The Kier molecular flexibility index (Phi) is 5.83. The molecule has 2 atom stereocenters. The second-order valence-electron chi connectivity index (χ2n) is 6.40. The molecule has 2 N–H and O–H groups in total. The monoisotopic (exact) mass is 269 g/mol. The number of nitrogens with one attached hydrogen (secondary N) is 1. The third-order valence-electron chi connectivity index (χ3n) is 4.43. The largest absolute Gasteiger partial charge is 0.481 e. The van der Waals surface area contributed by atoms with Gasteiger partial charge in [-0.25, -0.2) is 0 Å². The minimum absolute atomic E-state index is 0.0353. The van der Waals surface area contributed by atoms with E-state index in [0.29, 0.717) is 6.54 Å². The summed E-state index contributed by atoms with van der Waals surface area (Å²) in [5, 5.41) is 11.8. The zero-order valence-corrected chi connectivity index (χ0v) is 12.4. The maximum absolute atomic E-state index is 12.3. The van der Waals surface area contributed by atoms with Gasteiger partial charge in [-0.1, -0.05) is 40.0 Å². The second kappa shape index (κ2) is 6.92. The Bertz CT molecular complexity index is 325. The number of hydrogen-bond donors (Lipinski definition) is 2. The van der Waals surface area contributed by atoms with E-state index < -0.39 is 5.97 Å². The van der Waals surface area contributed by atoms with Crippen LogP contribution < -0.4 is 5.32 Å². The molecule has 4 heteroatoms. The van der Waals surface area contributed by atoms with Crippen molar-refractivity contribution in [2.75, 3.05) is 6.54 Å². The van der Waals surface area contributed by atoms with E-state index in [1.165, 1.54) is 6.42 Å². The highest BCUT2D eigenvalue weighted by atomic mass is 16.4. The van der Waals surface area contributed by atoms with Crippen LogP contribution in [-0.4, -0.2) is 23.5 Å². The highest BCUT2D eigenvalue weighted by molar-refractivity contribution is 5.79. The van der Waals surface area contributed by atoms with E-state index in [2.05, 4.69) is 19.2 Å². The van der Waals surface area contributed by atoms with Crippen molar-refractivity contribution in [3.8, 4) is 0 Å². The maximum atomic E-state index is 12.3. The molecular weight excluding hydrogens is 242 g/mol. The van der Waals surface area contributed by atoms with Crippen LogP contribution in [0.2, 0.25) is 0 Å². The lowest BCUT2D eigenvalue weighted by atomic mass is 9.68. The molecule has 0 bridgehead atoms. The fourth-order valence-electron chi connectivity index (χ4n) is 2.96. The highest BCUT2D eigenvalue weighted by Gasteiger charge is 2.37. The van der Waals surface area contributed by atoms with Gasteiger partial charge in [-0.15, -0.1) is 0 Å².